The van der Waals surface area contributed by atoms with Crippen molar-refractivity contribution in [2.75, 3.05) is 101 Å². The van der Waals surface area contributed by atoms with E-state index in [1.165, 1.54) is 6.20 Å². The Kier molecular flexibility index (Phi) is 16.2. The fraction of sp³-hybridized carbons (Fsp3) is 0.647. The number of benzene rings is 1. The number of amides is 4. The van der Waals surface area contributed by atoms with Crippen LogP contribution in [0.1, 0.15) is 106 Å². The van der Waals surface area contributed by atoms with E-state index in [1.54, 1.807) is 17.8 Å². The molecule has 9 rings (SSSR count). The van der Waals surface area contributed by atoms with Crippen LogP contribution in [0.5, 0.6) is 0 Å². The third-order valence-electron chi connectivity index (χ3n) is 15.6. The number of carbonyl (C=O) groups is 5. The lowest BCUT2D eigenvalue weighted by Crippen LogP contribution is -2.54. The van der Waals surface area contributed by atoms with Crippen molar-refractivity contribution in [1.29, 1.82) is 0 Å². The van der Waals surface area contributed by atoms with Crippen molar-refractivity contribution in [2.24, 2.45) is 18.9 Å². The molecule has 0 bridgehead atoms. The Balaban J connectivity index is 0.632. The Morgan fingerprint density at radius 3 is 2.07 bits per heavy atom. The Bertz CT molecular complexity index is 2270. The topological polar surface area (TPSA) is 200 Å². The number of carbonyl (C=O) groups excluding carboxylic acids is 5. The second-order valence-electron chi connectivity index (χ2n) is 20.1. The summed E-state index contributed by atoms with van der Waals surface area (Å²) < 4.78 is 13.3. The summed E-state index contributed by atoms with van der Waals surface area (Å²) in [5, 5.41) is 13.3. The predicted octanol–water partition coefficient (Wildman–Crippen LogP) is 4.15. The van der Waals surface area contributed by atoms with Crippen LogP contribution < -0.4 is 20.9 Å². The summed E-state index contributed by atoms with van der Waals surface area (Å²) in [7, 11) is 1.84. The number of ether oxygens (including phenoxy) is 2. The van der Waals surface area contributed by atoms with Crippen molar-refractivity contribution in [3.8, 4) is 0 Å². The molecular formula is C51H72N12O7. The predicted molar refractivity (Wildman–Crippen MR) is 264 cm³/mol. The monoisotopic (exact) mass is 965 g/mol. The van der Waals surface area contributed by atoms with Gasteiger partial charge in [0.2, 0.25) is 29.6 Å². The van der Waals surface area contributed by atoms with E-state index in [-0.39, 0.29) is 60.1 Å². The van der Waals surface area contributed by atoms with Gasteiger partial charge in [0, 0.05) is 127 Å². The van der Waals surface area contributed by atoms with Gasteiger partial charge in [-0.3, -0.25) is 39.0 Å². The van der Waals surface area contributed by atoms with Crippen LogP contribution in [-0.2, 0) is 35.7 Å². The number of rotatable bonds is 15. The maximum absolute atomic E-state index is 13.8. The molecule has 2 saturated carbocycles. The van der Waals surface area contributed by atoms with Crippen molar-refractivity contribution < 1.29 is 33.4 Å². The van der Waals surface area contributed by atoms with Crippen LogP contribution in [0.3, 0.4) is 0 Å². The Morgan fingerprint density at radius 1 is 0.771 bits per heavy atom. The van der Waals surface area contributed by atoms with Gasteiger partial charge in [-0.2, -0.15) is 10.1 Å². The summed E-state index contributed by atoms with van der Waals surface area (Å²) in [5.41, 5.74) is 3.18. The number of piperidine rings is 2. The molecule has 3 N–H and O–H groups in total. The van der Waals surface area contributed by atoms with Crippen LogP contribution in [0.25, 0.3) is 0 Å². The summed E-state index contributed by atoms with van der Waals surface area (Å²) >= 11 is 0. The van der Waals surface area contributed by atoms with Crippen molar-refractivity contribution in [2.45, 2.75) is 108 Å². The second kappa shape index (κ2) is 23.1. The molecule has 3 aromatic rings. The van der Waals surface area contributed by atoms with Gasteiger partial charge < -0.3 is 34.8 Å². The van der Waals surface area contributed by atoms with E-state index in [2.05, 4.69) is 62.7 Å². The standard InChI is InChI=1S/C51H72N12O7/c1-3-69-50(68)44-33-52-51(55-39-32-53-58(2)34-39)57-46(44)54-38-10-14-41(15-11-38)61-26-28-63(29-27-61)49(67)37-6-4-36(5-7-37)48(66)62-20-18-42(19-21-62)70-31-30-59-22-24-60(25-23-59)40-12-8-35(9-13-40)43-16-17-45(64)56-47(43)65/h8-9,12-13,32-34,36-38,41-43H,3-7,10-11,14-31H2,1-2H3,(H,56,64,65)(H2,52,54,55,57). The zero-order chi connectivity index (χ0) is 48.6. The minimum atomic E-state index is -0.453. The molecule has 4 amide bonds. The summed E-state index contributed by atoms with van der Waals surface area (Å²) in [5.74, 6) is 0.246. The average molecular weight is 965 g/mol. The second-order valence-corrected chi connectivity index (χ2v) is 20.1. The molecule has 2 aromatic heterocycles. The molecule has 19 heteroatoms. The molecule has 4 saturated heterocycles. The molecule has 4 aliphatic heterocycles. The Hall–Kier alpha value is -5.66. The first-order chi connectivity index (χ1) is 34.1. The Morgan fingerprint density at radius 2 is 1.44 bits per heavy atom. The number of likely N-dealkylation sites (tertiary alicyclic amines) is 1. The van der Waals surface area contributed by atoms with Gasteiger partial charge in [0.25, 0.3) is 0 Å². The van der Waals surface area contributed by atoms with E-state index in [9.17, 15) is 24.0 Å². The minimum absolute atomic E-state index is 0.000915. The molecule has 6 aliphatic rings. The highest BCUT2D eigenvalue weighted by Crippen LogP contribution is 2.34. The largest absolute Gasteiger partial charge is 0.462 e. The first-order valence-electron chi connectivity index (χ1n) is 26.0. The highest BCUT2D eigenvalue weighted by Gasteiger charge is 2.37. The molecule has 0 spiro atoms. The smallest absolute Gasteiger partial charge is 0.343 e. The van der Waals surface area contributed by atoms with Crippen molar-refractivity contribution in [1.82, 2.24) is 44.7 Å². The number of anilines is 4. The van der Waals surface area contributed by atoms with Crippen LogP contribution in [0, 0.1) is 11.8 Å². The van der Waals surface area contributed by atoms with Gasteiger partial charge in [0.05, 0.1) is 37.1 Å². The van der Waals surface area contributed by atoms with Gasteiger partial charge in [-0.1, -0.05) is 12.1 Å². The van der Waals surface area contributed by atoms with E-state index in [1.807, 2.05) is 30.3 Å². The van der Waals surface area contributed by atoms with E-state index in [0.717, 1.165) is 153 Å². The minimum Gasteiger partial charge on any atom is -0.462 e. The number of hydrogen-bond donors (Lipinski definition) is 3. The number of nitrogens with zero attached hydrogens (tertiary/aromatic N) is 9. The van der Waals surface area contributed by atoms with Crippen LogP contribution in [0.15, 0.2) is 42.9 Å². The van der Waals surface area contributed by atoms with Crippen molar-refractivity contribution in [3.05, 3.63) is 54.0 Å². The highest BCUT2D eigenvalue weighted by atomic mass is 16.5. The fourth-order valence-electron chi connectivity index (χ4n) is 11.5. The van der Waals surface area contributed by atoms with Gasteiger partial charge >= 0.3 is 5.97 Å². The number of imide groups is 1. The van der Waals surface area contributed by atoms with Crippen molar-refractivity contribution >= 4 is 52.7 Å². The SMILES string of the molecule is CCOC(=O)c1cnc(Nc2cnn(C)c2)nc1NC1CCC(N2CCN(C(=O)C3CCC(C(=O)N4CCC(OCCN5CCN(c6ccc(C7CCC(=O)NC7=O)cc6)CC5)CC4)CC3)CC2)CC1. The lowest BCUT2D eigenvalue weighted by Gasteiger charge is -2.43. The Labute approximate surface area is 411 Å². The molecule has 70 heavy (non-hydrogen) atoms. The number of aromatic nitrogens is 4. The third-order valence-corrected chi connectivity index (χ3v) is 15.6. The molecule has 1 aromatic carbocycles. The normalized spacial score (nSPS) is 25.3. The zero-order valence-electron chi connectivity index (χ0n) is 41.1. The van der Waals surface area contributed by atoms with Gasteiger partial charge in [0.1, 0.15) is 11.4 Å². The highest BCUT2D eigenvalue weighted by molar-refractivity contribution is 6.01. The maximum atomic E-state index is 13.8. The molecule has 2 aliphatic carbocycles. The molecule has 6 heterocycles. The van der Waals surface area contributed by atoms with Gasteiger partial charge in [-0.25, -0.2) is 9.78 Å². The molecule has 1 unspecified atom stereocenters. The van der Waals surface area contributed by atoms with E-state index >= 15 is 0 Å². The summed E-state index contributed by atoms with van der Waals surface area (Å²) in [6.07, 6.45) is 14.9. The molecule has 19 nitrogen and oxygen atoms in total. The number of esters is 1. The third kappa shape index (κ3) is 12.3. The average Bonchev–Trinajstić information content (AvgIpc) is 3.80. The summed E-state index contributed by atoms with van der Waals surface area (Å²) in [6, 6.07) is 8.83. The summed E-state index contributed by atoms with van der Waals surface area (Å²) in [6.45, 7) is 12.1. The van der Waals surface area contributed by atoms with E-state index in [0.29, 0.717) is 42.8 Å². The van der Waals surface area contributed by atoms with Gasteiger partial charge in [0.15, 0.2) is 0 Å². The zero-order valence-corrected chi connectivity index (χ0v) is 41.1. The quantitative estimate of drug-likeness (QED) is 0.145. The fourth-order valence-corrected chi connectivity index (χ4v) is 11.5. The van der Waals surface area contributed by atoms with Gasteiger partial charge in [-0.05, 0) is 95.2 Å². The van der Waals surface area contributed by atoms with Crippen LogP contribution >= 0.6 is 0 Å². The van der Waals surface area contributed by atoms with Crippen LogP contribution in [0.4, 0.5) is 23.1 Å². The molecule has 0 radical (unpaired) electrons. The first kappa shape index (κ1) is 49.3. The number of piperazine rings is 2. The lowest BCUT2D eigenvalue weighted by molar-refractivity contribution is -0.144. The lowest BCUT2D eigenvalue weighted by atomic mass is 9.80. The van der Waals surface area contributed by atoms with Crippen molar-refractivity contribution in [3.63, 3.8) is 0 Å². The van der Waals surface area contributed by atoms with E-state index < -0.39 is 5.97 Å². The summed E-state index contributed by atoms with van der Waals surface area (Å²) in [4.78, 5) is 84.6. The van der Waals surface area contributed by atoms with Gasteiger partial charge in [-0.15, -0.1) is 0 Å². The molecule has 6 fully saturated rings. The van der Waals surface area contributed by atoms with Crippen LogP contribution in [0.2, 0.25) is 0 Å². The number of aryl methyl sites for hydroxylation is 1. The molecule has 1 atom stereocenters. The number of hydrogen-bond acceptors (Lipinski definition) is 15. The number of nitrogens with one attached hydrogen (secondary N) is 3. The van der Waals surface area contributed by atoms with Crippen LogP contribution in [-0.4, -0.2) is 172 Å². The van der Waals surface area contributed by atoms with E-state index in [4.69, 9.17) is 9.47 Å². The molecular weight excluding hydrogens is 893 g/mol. The molecule has 378 valence electrons. The first-order valence-corrected chi connectivity index (χ1v) is 26.0. The maximum Gasteiger partial charge on any atom is 0.343 e.